The van der Waals surface area contributed by atoms with Crippen LogP contribution in [-0.2, 0) is 22.6 Å². The van der Waals surface area contributed by atoms with Crippen molar-refractivity contribution in [2.24, 2.45) is 0 Å². The van der Waals surface area contributed by atoms with Crippen molar-refractivity contribution in [2.75, 3.05) is 7.11 Å². The number of carbonyl (C=O) groups is 1. The van der Waals surface area contributed by atoms with Crippen molar-refractivity contribution in [3.8, 4) is 22.1 Å². The molecule has 0 radical (unpaired) electrons. The Bertz CT molecular complexity index is 897. The van der Waals surface area contributed by atoms with Gasteiger partial charge in [-0.05, 0) is 29.1 Å². The second-order valence-corrected chi connectivity index (χ2v) is 7.00. The summed E-state index contributed by atoms with van der Waals surface area (Å²) in [5, 5.41) is 6.65. The monoisotopic (exact) mass is 411 g/mol. The molecule has 0 saturated carbocycles. The Labute approximate surface area is 162 Å². The fourth-order valence-corrected chi connectivity index (χ4v) is 3.80. The van der Waals surface area contributed by atoms with Crippen molar-refractivity contribution in [1.82, 2.24) is 4.98 Å². The van der Waals surface area contributed by atoms with E-state index in [1.165, 1.54) is 36.6 Å². The van der Waals surface area contributed by atoms with Crippen molar-refractivity contribution in [3.63, 3.8) is 0 Å². The summed E-state index contributed by atoms with van der Waals surface area (Å²) < 4.78 is 39.3. The molecular weight excluding hydrogens is 396 g/mol. The van der Waals surface area contributed by atoms with Gasteiger partial charge >= 0.3 is 12.6 Å². The predicted octanol–water partition coefficient (Wildman–Crippen LogP) is 4.77. The van der Waals surface area contributed by atoms with Crippen LogP contribution in [0.25, 0.3) is 10.6 Å². The van der Waals surface area contributed by atoms with Gasteiger partial charge in [0.1, 0.15) is 11.6 Å². The smallest absolute Gasteiger partial charge is 0.387 e. The summed E-state index contributed by atoms with van der Waals surface area (Å²) in [6.07, 6.45) is 0.0599. The van der Waals surface area contributed by atoms with Gasteiger partial charge in [0, 0.05) is 16.3 Å². The number of halogens is 2. The molecule has 3 aromatic rings. The van der Waals surface area contributed by atoms with Gasteiger partial charge in [-0.2, -0.15) is 20.1 Å². The summed E-state index contributed by atoms with van der Waals surface area (Å²) in [6.45, 7) is -2.95. The first-order chi connectivity index (χ1) is 13.0. The minimum atomic E-state index is -2.94. The zero-order valence-corrected chi connectivity index (χ0v) is 15.8. The molecule has 1 aromatic carbocycles. The van der Waals surface area contributed by atoms with Crippen LogP contribution in [0.1, 0.15) is 11.3 Å². The fraction of sp³-hybridized carbons (Fsp3) is 0.222. The van der Waals surface area contributed by atoms with Gasteiger partial charge in [-0.1, -0.05) is 6.07 Å². The molecule has 3 rings (SSSR count). The van der Waals surface area contributed by atoms with E-state index in [0.717, 1.165) is 10.6 Å². The summed E-state index contributed by atoms with van der Waals surface area (Å²) in [7, 11) is 1.34. The number of thiazole rings is 1. The number of ether oxygens (including phenoxy) is 3. The van der Waals surface area contributed by atoms with Gasteiger partial charge in [-0.3, -0.25) is 4.79 Å². The molecule has 0 saturated heterocycles. The summed E-state index contributed by atoms with van der Waals surface area (Å²) in [6, 6.07) is 6.34. The highest BCUT2D eigenvalue weighted by atomic mass is 32.1. The Kier molecular flexibility index (Phi) is 6.36. The van der Waals surface area contributed by atoms with E-state index in [9.17, 15) is 13.6 Å². The summed E-state index contributed by atoms with van der Waals surface area (Å²) in [5.74, 6) is -0.362. The molecule has 0 aliphatic rings. The van der Waals surface area contributed by atoms with Crippen LogP contribution < -0.4 is 9.47 Å². The summed E-state index contributed by atoms with van der Waals surface area (Å²) >= 11 is 3.06. The van der Waals surface area contributed by atoms with E-state index in [0.29, 0.717) is 11.3 Å². The molecule has 0 fully saturated rings. The minimum absolute atomic E-state index is 0.00826. The van der Waals surface area contributed by atoms with Gasteiger partial charge in [0.2, 0.25) is 0 Å². The van der Waals surface area contributed by atoms with E-state index >= 15 is 0 Å². The topological polar surface area (TPSA) is 57.7 Å². The zero-order valence-electron chi connectivity index (χ0n) is 14.2. The van der Waals surface area contributed by atoms with Gasteiger partial charge in [0.25, 0.3) is 0 Å². The van der Waals surface area contributed by atoms with Gasteiger partial charge in [0.15, 0.2) is 11.5 Å². The van der Waals surface area contributed by atoms with Crippen molar-refractivity contribution in [1.29, 1.82) is 0 Å². The average molecular weight is 411 g/mol. The number of hydrogen-bond acceptors (Lipinski definition) is 7. The first-order valence-electron chi connectivity index (χ1n) is 7.79. The molecule has 0 aliphatic carbocycles. The van der Waals surface area contributed by atoms with Gasteiger partial charge in [-0.15, -0.1) is 11.3 Å². The second-order valence-electron chi connectivity index (χ2n) is 5.36. The van der Waals surface area contributed by atoms with E-state index in [-0.39, 0.29) is 24.5 Å². The zero-order chi connectivity index (χ0) is 19.2. The number of benzene rings is 1. The Morgan fingerprint density at radius 2 is 2.07 bits per heavy atom. The largest absolute Gasteiger partial charge is 0.493 e. The number of rotatable bonds is 8. The number of aromatic nitrogens is 1. The average Bonchev–Trinajstić information content (AvgIpc) is 3.32. The minimum Gasteiger partial charge on any atom is -0.493 e. The van der Waals surface area contributed by atoms with Gasteiger partial charge < -0.3 is 14.2 Å². The maximum Gasteiger partial charge on any atom is 0.387 e. The molecule has 2 aromatic heterocycles. The molecule has 0 bridgehead atoms. The van der Waals surface area contributed by atoms with Crippen molar-refractivity contribution < 1.29 is 27.8 Å². The lowest BCUT2D eigenvalue weighted by Gasteiger charge is -2.11. The molecule has 0 atom stereocenters. The van der Waals surface area contributed by atoms with E-state index < -0.39 is 12.6 Å². The molecule has 2 heterocycles. The highest BCUT2D eigenvalue weighted by molar-refractivity contribution is 7.14. The van der Waals surface area contributed by atoms with Crippen LogP contribution >= 0.6 is 22.7 Å². The van der Waals surface area contributed by atoms with Crippen LogP contribution in [0.5, 0.6) is 11.5 Å². The number of carbonyl (C=O) groups excluding carboxylic acids is 1. The van der Waals surface area contributed by atoms with Crippen molar-refractivity contribution in [2.45, 2.75) is 19.6 Å². The van der Waals surface area contributed by atoms with Gasteiger partial charge in [-0.25, -0.2) is 4.98 Å². The third-order valence-corrected chi connectivity index (χ3v) is 5.11. The normalized spacial score (nSPS) is 10.8. The Morgan fingerprint density at radius 3 is 2.78 bits per heavy atom. The molecule has 0 N–H and O–H groups in total. The molecule has 27 heavy (non-hydrogen) atoms. The Morgan fingerprint density at radius 1 is 1.22 bits per heavy atom. The van der Waals surface area contributed by atoms with E-state index in [4.69, 9.17) is 9.47 Å². The number of alkyl halides is 2. The SMILES string of the molecule is COc1cc(COC(=O)Cc2csc(-c3ccsc3)n2)ccc1OC(F)F. The first kappa shape index (κ1) is 19.2. The number of methoxy groups -OCH3 is 1. The van der Waals surface area contributed by atoms with E-state index in [1.54, 1.807) is 11.3 Å². The van der Waals surface area contributed by atoms with Crippen LogP contribution in [0, 0.1) is 0 Å². The molecule has 0 spiro atoms. The van der Waals surface area contributed by atoms with Crippen LogP contribution in [0.2, 0.25) is 0 Å². The predicted molar refractivity (Wildman–Crippen MR) is 98.6 cm³/mol. The summed E-state index contributed by atoms with van der Waals surface area (Å²) in [5.41, 5.74) is 2.27. The van der Waals surface area contributed by atoms with Crippen molar-refractivity contribution in [3.05, 3.63) is 51.7 Å². The lowest BCUT2D eigenvalue weighted by molar-refractivity contribution is -0.144. The third-order valence-electron chi connectivity index (χ3n) is 3.49. The molecule has 0 unspecified atom stereocenters. The number of esters is 1. The third kappa shape index (κ3) is 5.24. The first-order valence-corrected chi connectivity index (χ1v) is 9.61. The molecule has 0 aliphatic heterocycles. The van der Waals surface area contributed by atoms with Gasteiger partial charge in [0.05, 0.1) is 19.2 Å². The molecular formula is C18H15F2NO4S2. The molecule has 142 valence electrons. The molecule has 0 amide bonds. The maximum atomic E-state index is 12.3. The quantitative estimate of drug-likeness (QED) is 0.500. The van der Waals surface area contributed by atoms with Crippen LogP contribution in [0.3, 0.4) is 0 Å². The fourth-order valence-electron chi connectivity index (χ4n) is 2.26. The number of nitrogens with zero attached hydrogens (tertiary/aromatic N) is 1. The molecule has 5 nitrogen and oxygen atoms in total. The lowest BCUT2D eigenvalue weighted by Crippen LogP contribution is -2.09. The number of hydrogen-bond donors (Lipinski definition) is 0. The number of thiophene rings is 1. The summed E-state index contributed by atoms with van der Waals surface area (Å²) in [4.78, 5) is 16.5. The standard InChI is InChI=1S/C18H15F2NO4S2/c1-23-15-6-11(2-3-14(15)25-18(19)20)8-24-16(22)7-13-10-27-17(21-13)12-4-5-26-9-12/h2-6,9-10,18H,7-8H2,1H3. The Hall–Kier alpha value is -2.52. The van der Waals surface area contributed by atoms with Crippen molar-refractivity contribution >= 4 is 28.6 Å². The van der Waals surface area contributed by atoms with Crippen LogP contribution in [0.15, 0.2) is 40.4 Å². The molecule has 9 heteroatoms. The van der Waals surface area contributed by atoms with E-state index in [2.05, 4.69) is 9.72 Å². The Balaban J connectivity index is 1.56. The van der Waals surface area contributed by atoms with Crippen LogP contribution in [0.4, 0.5) is 8.78 Å². The lowest BCUT2D eigenvalue weighted by atomic mass is 10.2. The van der Waals surface area contributed by atoms with E-state index in [1.807, 2.05) is 22.2 Å². The van der Waals surface area contributed by atoms with Crippen LogP contribution in [-0.4, -0.2) is 24.7 Å². The maximum absolute atomic E-state index is 12.3. The highest BCUT2D eigenvalue weighted by Gasteiger charge is 2.13. The second kappa shape index (κ2) is 8.92. The highest BCUT2D eigenvalue weighted by Crippen LogP contribution is 2.30.